The van der Waals surface area contributed by atoms with Crippen LogP contribution in [-0.2, 0) is 19.0 Å². The number of esters is 2. The largest absolute Gasteiger partial charge is 0.454 e. The number of hydrogen-bond acceptors (Lipinski definition) is 6. The van der Waals surface area contributed by atoms with Crippen molar-refractivity contribution < 1.29 is 23.8 Å². The minimum atomic E-state index is -1.16. The second kappa shape index (κ2) is 6.57. The summed E-state index contributed by atoms with van der Waals surface area (Å²) in [6.45, 7) is 2.78. The van der Waals surface area contributed by atoms with E-state index < -0.39 is 17.5 Å². The summed E-state index contributed by atoms with van der Waals surface area (Å²) in [4.78, 5) is 29.1. The molecule has 1 saturated heterocycles. The molecule has 2 heterocycles. The van der Waals surface area contributed by atoms with Crippen molar-refractivity contribution in [3.8, 4) is 0 Å². The van der Waals surface area contributed by atoms with Crippen molar-refractivity contribution >= 4 is 11.9 Å². The van der Waals surface area contributed by atoms with E-state index in [1.165, 1.54) is 6.20 Å². The van der Waals surface area contributed by atoms with Crippen LogP contribution in [0.25, 0.3) is 0 Å². The molecule has 0 N–H and O–H groups in total. The summed E-state index contributed by atoms with van der Waals surface area (Å²) >= 11 is 0. The number of carbonyl (C=O) groups is 2. The van der Waals surface area contributed by atoms with Crippen LogP contribution < -0.4 is 0 Å². The molecule has 7 nitrogen and oxygen atoms in total. The molecule has 1 unspecified atom stereocenters. The first-order valence-corrected chi connectivity index (χ1v) is 8.68. The van der Waals surface area contributed by atoms with Gasteiger partial charge in [0.15, 0.2) is 0 Å². The zero-order valence-corrected chi connectivity index (χ0v) is 14.5. The summed E-state index contributed by atoms with van der Waals surface area (Å²) in [6, 6.07) is 9.71. The first-order chi connectivity index (χ1) is 12.6. The lowest BCUT2D eigenvalue weighted by molar-refractivity contribution is -0.183. The Morgan fingerprint density at radius 1 is 1.27 bits per heavy atom. The van der Waals surface area contributed by atoms with E-state index in [-0.39, 0.29) is 12.1 Å². The fraction of sp³-hybridized carbons (Fsp3) is 0.421. The lowest BCUT2D eigenvalue weighted by Crippen LogP contribution is -2.42. The molecule has 2 fully saturated rings. The van der Waals surface area contributed by atoms with Gasteiger partial charge in [-0.2, -0.15) is 0 Å². The molecule has 26 heavy (non-hydrogen) atoms. The smallest absolute Gasteiger partial charge is 0.357 e. The van der Waals surface area contributed by atoms with Crippen LogP contribution in [0.1, 0.15) is 41.9 Å². The van der Waals surface area contributed by atoms with Crippen LogP contribution in [0, 0.1) is 0 Å². The molecule has 0 spiro atoms. The van der Waals surface area contributed by atoms with Crippen LogP contribution in [0.4, 0.5) is 0 Å². The first kappa shape index (κ1) is 16.8. The number of carbonyl (C=O) groups excluding carboxylic acids is 2. The molecule has 1 saturated carbocycles. The van der Waals surface area contributed by atoms with Gasteiger partial charge >= 0.3 is 11.9 Å². The number of imidazole rings is 1. The molecular formula is C19H20N2O5. The normalized spacial score (nSPS) is 19.3. The highest BCUT2D eigenvalue weighted by Gasteiger charge is 2.57. The standard InChI is InChI=1S/C19H20N2O5/c1-13(14-5-3-2-4-6-14)21-12-20-9-16(21)17(22)26-19(7-8-19)18(23)25-15-10-24-11-15/h2-6,9,12-13,15H,7-8,10-11H2,1H3. The van der Waals surface area contributed by atoms with Crippen molar-refractivity contribution in [3.05, 3.63) is 54.1 Å². The van der Waals surface area contributed by atoms with Gasteiger partial charge in [-0.15, -0.1) is 0 Å². The number of hydrogen-bond donors (Lipinski definition) is 0. The van der Waals surface area contributed by atoms with E-state index >= 15 is 0 Å². The number of benzene rings is 1. The van der Waals surface area contributed by atoms with Gasteiger partial charge in [0, 0.05) is 12.8 Å². The van der Waals surface area contributed by atoms with Crippen LogP contribution in [0.2, 0.25) is 0 Å². The van der Waals surface area contributed by atoms with Gasteiger partial charge in [0.1, 0.15) is 11.8 Å². The summed E-state index contributed by atoms with van der Waals surface area (Å²) in [5.41, 5.74) is 0.204. The van der Waals surface area contributed by atoms with Crippen molar-refractivity contribution in [3.63, 3.8) is 0 Å². The van der Waals surface area contributed by atoms with Crippen LogP contribution in [0.5, 0.6) is 0 Å². The molecule has 2 aliphatic rings. The molecule has 1 aromatic carbocycles. The molecule has 0 amide bonds. The third-order valence-corrected chi connectivity index (χ3v) is 4.82. The van der Waals surface area contributed by atoms with E-state index in [1.807, 2.05) is 37.3 Å². The molecule has 1 aliphatic carbocycles. The number of ether oxygens (including phenoxy) is 3. The monoisotopic (exact) mass is 356 g/mol. The van der Waals surface area contributed by atoms with E-state index in [1.54, 1.807) is 10.9 Å². The maximum atomic E-state index is 12.7. The average molecular weight is 356 g/mol. The highest BCUT2D eigenvalue weighted by Crippen LogP contribution is 2.42. The van der Waals surface area contributed by atoms with Gasteiger partial charge < -0.3 is 18.8 Å². The highest BCUT2D eigenvalue weighted by molar-refractivity contribution is 5.92. The fourth-order valence-corrected chi connectivity index (χ4v) is 2.90. The van der Waals surface area contributed by atoms with Gasteiger partial charge in [0.25, 0.3) is 0 Å². The van der Waals surface area contributed by atoms with Crippen molar-refractivity contribution in [1.29, 1.82) is 0 Å². The Morgan fingerprint density at radius 3 is 2.62 bits per heavy atom. The summed E-state index contributed by atoms with van der Waals surface area (Å²) in [7, 11) is 0. The zero-order valence-electron chi connectivity index (χ0n) is 14.5. The maximum Gasteiger partial charge on any atom is 0.357 e. The van der Waals surface area contributed by atoms with E-state index in [9.17, 15) is 9.59 Å². The van der Waals surface area contributed by atoms with Gasteiger partial charge in [-0.1, -0.05) is 30.3 Å². The predicted molar refractivity (Wildman–Crippen MR) is 90.6 cm³/mol. The number of rotatable bonds is 6. The van der Waals surface area contributed by atoms with Crippen LogP contribution >= 0.6 is 0 Å². The molecule has 1 aliphatic heterocycles. The van der Waals surface area contributed by atoms with Crippen LogP contribution in [0.3, 0.4) is 0 Å². The molecule has 0 bridgehead atoms. The molecule has 1 aromatic heterocycles. The molecule has 4 rings (SSSR count). The molecule has 7 heteroatoms. The van der Waals surface area contributed by atoms with Crippen LogP contribution in [-0.4, -0.2) is 46.4 Å². The lowest BCUT2D eigenvalue weighted by atomic mass is 10.1. The second-order valence-corrected chi connectivity index (χ2v) is 6.72. The van der Waals surface area contributed by atoms with Crippen molar-refractivity contribution in [2.75, 3.05) is 13.2 Å². The Hall–Kier alpha value is -2.67. The summed E-state index contributed by atoms with van der Waals surface area (Å²) in [5, 5.41) is 0. The molecule has 0 radical (unpaired) electrons. The Balaban J connectivity index is 1.47. The Kier molecular flexibility index (Phi) is 4.24. The average Bonchev–Trinajstić information content (AvgIpc) is 3.23. The third kappa shape index (κ3) is 3.10. The summed E-state index contributed by atoms with van der Waals surface area (Å²) < 4.78 is 17.6. The topological polar surface area (TPSA) is 79.7 Å². The van der Waals surface area contributed by atoms with Gasteiger partial charge in [-0.25, -0.2) is 14.6 Å². The quantitative estimate of drug-likeness (QED) is 0.738. The molecule has 2 aromatic rings. The van der Waals surface area contributed by atoms with Crippen molar-refractivity contribution in [2.24, 2.45) is 0 Å². The first-order valence-electron chi connectivity index (χ1n) is 8.68. The van der Waals surface area contributed by atoms with Gasteiger partial charge in [-0.3, -0.25) is 0 Å². The predicted octanol–water partition coefficient (Wildman–Crippen LogP) is 2.12. The van der Waals surface area contributed by atoms with Gasteiger partial charge in [0.05, 0.1) is 31.8 Å². The number of aromatic nitrogens is 2. The second-order valence-electron chi connectivity index (χ2n) is 6.72. The number of nitrogens with zero attached hydrogens (tertiary/aromatic N) is 2. The van der Waals surface area contributed by atoms with Gasteiger partial charge in [-0.05, 0) is 12.5 Å². The minimum absolute atomic E-state index is 0.0875. The van der Waals surface area contributed by atoms with Gasteiger partial charge in [0.2, 0.25) is 5.60 Å². The van der Waals surface area contributed by atoms with E-state index in [0.29, 0.717) is 31.7 Å². The zero-order chi connectivity index (χ0) is 18.1. The van der Waals surface area contributed by atoms with Crippen molar-refractivity contribution in [1.82, 2.24) is 9.55 Å². The minimum Gasteiger partial charge on any atom is -0.454 e. The van der Waals surface area contributed by atoms with Crippen molar-refractivity contribution in [2.45, 2.75) is 37.5 Å². The Morgan fingerprint density at radius 2 is 2.00 bits per heavy atom. The Bertz CT molecular complexity index is 808. The SMILES string of the molecule is CC(c1ccccc1)n1cncc1C(=O)OC1(C(=O)OC2COC2)CC1. The van der Waals surface area contributed by atoms with E-state index in [2.05, 4.69) is 4.98 Å². The van der Waals surface area contributed by atoms with E-state index in [0.717, 1.165) is 5.56 Å². The lowest BCUT2D eigenvalue weighted by Gasteiger charge is -2.27. The van der Waals surface area contributed by atoms with E-state index in [4.69, 9.17) is 14.2 Å². The fourth-order valence-electron chi connectivity index (χ4n) is 2.90. The Labute approximate surface area is 150 Å². The molecule has 1 atom stereocenters. The summed E-state index contributed by atoms with van der Waals surface area (Å²) in [5.74, 6) is -1.05. The van der Waals surface area contributed by atoms with Crippen LogP contribution in [0.15, 0.2) is 42.9 Å². The highest BCUT2D eigenvalue weighted by atomic mass is 16.6. The molecule has 136 valence electrons. The third-order valence-electron chi connectivity index (χ3n) is 4.82. The molecular weight excluding hydrogens is 336 g/mol. The summed E-state index contributed by atoms with van der Waals surface area (Å²) in [6.07, 6.45) is 3.78. The maximum absolute atomic E-state index is 12.7.